The summed E-state index contributed by atoms with van der Waals surface area (Å²) in [6.45, 7) is 0. The maximum absolute atomic E-state index is 5.68. The number of nitrogens with one attached hydrogen (secondary N) is 2. The molecule has 2 aromatic heterocycles. The van der Waals surface area contributed by atoms with Crippen LogP contribution in [0.4, 0.5) is 17.3 Å². The topological polar surface area (TPSA) is 95.6 Å². The van der Waals surface area contributed by atoms with E-state index in [1.165, 1.54) is 30.5 Å². The van der Waals surface area contributed by atoms with Gasteiger partial charge in [0.2, 0.25) is 0 Å². The van der Waals surface area contributed by atoms with Crippen molar-refractivity contribution >= 4 is 84.6 Å². The normalized spacial score (nSPS) is 13.5. The number of nitrogens with zero attached hydrogens (tertiary/aromatic N) is 3. The molecule has 4 aromatic rings. The molecule has 9 nitrogen and oxygen atoms in total. The number of methoxy groups -OCH3 is 3. The SMILES string of the molecule is COc1cc2c(NSc3c(OC)cc(Br)cc3OC)noc2cc1Nc1cc(C2CC2)n(PI)n1. The van der Waals surface area contributed by atoms with Gasteiger partial charge in [-0.25, -0.2) is 4.45 Å². The van der Waals surface area contributed by atoms with E-state index in [1.807, 2.05) is 24.3 Å². The highest BCUT2D eigenvalue weighted by atomic mass is 127. The highest BCUT2D eigenvalue weighted by molar-refractivity contribution is 14.2. The molecular weight excluding hydrogens is 668 g/mol. The summed E-state index contributed by atoms with van der Waals surface area (Å²) in [5.74, 6) is 3.97. The number of aromatic nitrogens is 3. The first-order valence-corrected chi connectivity index (χ1v) is 16.3. The van der Waals surface area contributed by atoms with Gasteiger partial charge in [0.25, 0.3) is 0 Å². The molecule has 0 spiro atoms. The van der Waals surface area contributed by atoms with E-state index in [9.17, 15) is 0 Å². The quantitative estimate of drug-likeness (QED) is 0.101. The van der Waals surface area contributed by atoms with Gasteiger partial charge in [-0.15, -0.1) is 0 Å². The molecule has 0 bridgehead atoms. The van der Waals surface area contributed by atoms with E-state index in [0.717, 1.165) is 26.3 Å². The van der Waals surface area contributed by atoms with Gasteiger partial charge in [0, 0.05) is 28.2 Å². The standard InChI is InChI=1S/C22H22BrIN5O4PS/c1-30-17-8-13-16(9-14(17)25-20-10-15(11-4-5-11)29(26-20)34-24)33-27-22(13)28-35-21-18(31-2)6-12(23)7-19(21)32-3/h6-11,34H,4-5H2,1-3H3,(H,25,26)(H,27,28). The van der Waals surface area contributed by atoms with Crippen molar-refractivity contribution in [3.63, 3.8) is 0 Å². The van der Waals surface area contributed by atoms with Crippen molar-refractivity contribution in [1.29, 1.82) is 0 Å². The molecule has 2 aromatic carbocycles. The van der Waals surface area contributed by atoms with Crippen LogP contribution in [-0.2, 0) is 0 Å². The van der Waals surface area contributed by atoms with E-state index in [0.29, 0.717) is 40.9 Å². The monoisotopic (exact) mass is 689 g/mol. The van der Waals surface area contributed by atoms with E-state index in [2.05, 4.69) is 63.7 Å². The number of hydrogen-bond acceptors (Lipinski definition) is 9. The highest BCUT2D eigenvalue weighted by Gasteiger charge is 2.28. The lowest BCUT2D eigenvalue weighted by Gasteiger charge is -2.13. The van der Waals surface area contributed by atoms with Crippen molar-refractivity contribution in [2.45, 2.75) is 23.7 Å². The zero-order chi connectivity index (χ0) is 24.5. The number of benzene rings is 2. The first-order chi connectivity index (χ1) is 17.0. The Balaban J connectivity index is 1.41. The Labute approximate surface area is 229 Å². The molecule has 1 fully saturated rings. The molecule has 1 aliphatic carbocycles. The molecule has 2 N–H and O–H groups in total. The van der Waals surface area contributed by atoms with Crippen LogP contribution in [0, 0.1) is 0 Å². The number of halogens is 2. The summed E-state index contributed by atoms with van der Waals surface area (Å²) in [7, 11) is 4.88. The smallest absolute Gasteiger partial charge is 0.187 e. The van der Waals surface area contributed by atoms with Gasteiger partial charge >= 0.3 is 0 Å². The molecule has 0 amide bonds. The number of rotatable bonds is 10. The molecule has 0 radical (unpaired) electrons. The minimum Gasteiger partial charge on any atom is -0.495 e. The second kappa shape index (κ2) is 10.6. The van der Waals surface area contributed by atoms with E-state index in [1.54, 1.807) is 21.3 Å². The third-order valence-electron chi connectivity index (χ3n) is 5.54. The number of hydrogen-bond donors (Lipinski definition) is 2. The minimum atomic E-state index is 0.558. The first-order valence-electron chi connectivity index (χ1n) is 10.6. The van der Waals surface area contributed by atoms with Crippen molar-refractivity contribution in [3.05, 3.63) is 40.5 Å². The second-order valence-corrected chi connectivity index (χ2v) is 11.5. The Morgan fingerprint density at radius 2 is 1.80 bits per heavy atom. The predicted octanol–water partition coefficient (Wildman–Crippen LogP) is 7.34. The minimum absolute atomic E-state index is 0.558. The van der Waals surface area contributed by atoms with Crippen LogP contribution in [0.1, 0.15) is 24.5 Å². The van der Waals surface area contributed by atoms with Gasteiger partial charge in [0.15, 0.2) is 17.2 Å². The molecule has 0 aliphatic heterocycles. The molecule has 184 valence electrons. The zero-order valence-corrected chi connectivity index (χ0v) is 24.6. The molecule has 35 heavy (non-hydrogen) atoms. The van der Waals surface area contributed by atoms with Crippen LogP contribution in [0.3, 0.4) is 0 Å². The van der Waals surface area contributed by atoms with Crippen LogP contribution in [0.25, 0.3) is 11.0 Å². The Kier molecular flexibility index (Phi) is 7.52. The van der Waals surface area contributed by atoms with Crippen LogP contribution in [0.5, 0.6) is 17.2 Å². The molecule has 0 saturated heterocycles. The third kappa shape index (κ3) is 5.16. The summed E-state index contributed by atoms with van der Waals surface area (Å²) in [6.07, 6.45) is 3.01. The van der Waals surface area contributed by atoms with Gasteiger partial charge < -0.3 is 28.8 Å². The Morgan fingerprint density at radius 3 is 2.43 bits per heavy atom. The Morgan fingerprint density at radius 1 is 1.09 bits per heavy atom. The van der Waals surface area contributed by atoms with Crippen LogP contribution >= 0.6 is 56.3 Å². The molecule has 5 rings (SSSR count). The molecule has 1 aliphatic rings. The van der Waals surface area contributed by atoms with Crippen molar-refractivity contribution < 1.29 is 18.7 Å². The lowest BCUT2D eigenvalue weighted by atomic mass is 10.2. The average molecular weight is 690 g/mol. The summed E-state index contributed by atoms with van der Waals surface area (Å²) < 4.78 is 28.5. The van der Waals surface area contributed by atoms with Crippen molar-refractivity contribution in [1.82, 2.24) is 14.7 Å². The fourth-order valence-electron chi connectivity index (χ4n) is 3.68. The Hall–Kier alpha value is -1.89. The third-order valence-corrected chi connectivity index (χ3v) is 8.79. The van der Waals surface area contributed by atoms with E-state index in [4.69, 9.17) is 23.8 Å². The average Bonchev–Trinajstić information content (AvgIpc) is 3.52. The van der Waals surface area contributed by atoms with Crippen molar-refractivity contribution in [2.24, 2.45) is 0 Å². The summed E-state index contributed by atoms with van der Waals surface area (Å²) in [4.78, 5) is 0.789. The maximum Gasteiger partial charge on any atom is 0.187 e. The van der Waals surface area contributed by atoms with Crippen LogP contribution < -0.4 is 24.2 Å². The lowest BCUT2D eigenvalue weighted by molar-refractivity contribution is 0.376. The van der Waals surface area contributed by atoms with Crippen molar-refractivity contribution in [2.75, 3.05) is 31.4 Å². The van der Waals surface area contributed by atoms with Gasteiger partial charge in [-0.1, -0.05) is 21.1 Å². The zero-order valence-electron chi connectivity index (χ0n) is 19.0. The van der Waals surface area contributed by atoms with Crippen LogP contribution in [0.2, 0.25) is 0 Å². The fourth-order valence-corrected chi connectivity index (χ4v) is 6.58. The van der Waals surface area contributed by atoms with Gasteiger partial charge in [0.05, 0.1) is 38.8 Å². The molecular formula is C22H22BrIN5O4PS. The molecule has 1 saturated carbocycles. The molecule has 1 atom stereocenters. The Bertz CT molecular complexity index is 1350. The first kappa shape index (κ1) is 24.8. The lowest BCUT2D eigenvalue weighted by Crippen LogP contribution is -1.97. The second-order valence-electron chi connectivity index (χ2n) is 7.77. The summed E-state index contributed by atoms with van der Waals surface area (Å²) in [5, 5.41) is 13.1. The van der Waals surface area contributed by atoms with Gasteiger partial charge in [-0.2, -0.15) is 5.10 Å². The maximum atomic E-state index is 5.68. The van der Waals surface area contributed by atoms with Gasteiger partial charge in [0.1, 0.15) is 22.1 Å². The molecule has 1 unspecified atom stereocenters. The van der Waals surface area contributed by atoms with Crippen molar-refractivity contribution in [3.8, 4) is 17.2 Å². The number of ether oxygens (including phenoxy) is 3. The van der Waals surface area contributed by atoms with E-state index in [-0.39, 0.29) is 0 Å². The molecule has 2 heterocycles. The number of anilines is 3. The predicted molar refractivity (Wildman–Crippen MR) is 153 cm³/mol. The summed E-state index contributed by atoms with van der Waals surface area (Å²) in [5.41, 5.74) is 2.65. The van der Waals surface area contributed by atoms with Gasteiger partial charge in [-0.05, 0) is 65.0 Å². The largest absolute Gasteiger partial charge is 0.495 e. The van der Waals surface area contributed by atoms with E-state index < -0.39 is 0 Å². The number of fused-ring (bicyclic) bond motifs is 1. The van der Waals surface area contributed by atoms with Crippen LogP contribution in [0.15, 0.2) is 44.2 Å². The molecule has 13 heteroatoms. The highest BCUT2D eigenvalue weighted by Crippen LogP contribution is 2.45. The summed E-state index contributed by atoms with van der Waals surface area (Å²) >= 11 is 7.16. The fraction of sp³-hybridized carbons (Fsp3) is 0.273. The van der Waals surface area contributed by atoms with E-state index >= 15 is 0 Å². The van der Waals surface area contributed by atoms with Gasteiger partial charge in [-0.3, -0.25) is 0 Å². The summed E-state index contributed by atoms with van der Waals surface area (Å²) in [6, 6.07) is 9.65. The van der Waals surface area contributed by atoms with Crippen LogP contribution in [-0.4, -0.2) is 36.0 Å².